The van der Waals surface area contributed by atoms with Crippen molar-refractivity contribution in [3.63, 3.8) is 0 Å². The summed E-state index contributed by atoms with van der Waals surface area (Å²) >= 11 is 1.47. The van der Waals surface area contributed by atoms with Gasteiger partial charge in [-0.15, -0.1) is 11.3 Å². The smallest absolute Gasteiger partial charge is 0.270 e. The number of carbonyl (C=O) groups is 1. The summed E-state index contributed by atoms with van der Waals surface area (Å²) in [4.78, 5) is 15.7. The van der Waals surface area contributed by atoms with Gasteiger partial charge in [0.05, 0.1) is 5.01 Å². The van der Waals surface area contributed by atoms with Gasteiger partial charge < -0.3 is 10.4 Å². The Morgan fingerprint density at radius 1 is 1.73 bits per heavy atom. The van der Waals surface area contributed by atoms with Gasteiger partial charge in [0.2, 0.25) is 0 Å². The van der Waals surface area contributed by atoms with Crippen molar-refractivity contribution >= 4 is 17.2 Å². The molecule has 15 heavy (non-hydrogen) atoms. The van der Waals surface area contributed by atoms with Gasteiger partial charge in [-0.1, -0.05) is 0 Å². The van der Waals surface area contributed by atoms with E-state index in [-0.39, 0.29) is 18.6 Å². The van der Waals surface area contributed by atoms with Gasteiger partial charge in [0.25, 0.3) is 5.91 Å². The third-order valence-corrected chi connectivity index (χ3v) is 2.80. The van der Waals surface area contributed by atoms with Gasteiger partial charge in [0, 0.05) is 18.0 Å². The van der Waals surface area contributed by atoms with Crippen molar-refractivity contribution in [2.75, 3.05) is 6.61 Å². The Kier molecular flexibility index (Phi) is 4.71. The molecule has 4 nitrogen and oxygen atoms in total. The van der Waals surface area contributed by atoms with E-state index in [9.17, 15) is 4.79 Å². The number of aliphatic hydroxyl groups excluding tert-OH is 1. The van der Waals surface area contributed by atoms with Crippen LogP contribution in [0.5, 0.6) is 0 Å². The van der Waals surface area contributed by atoms with Crippen LogP contribution in [-0.4, -0.2) is 28.6 Å². The molecular weight excluding hydrogens is 212 g/mol. The van der Waals surface area contributed by atoms with Gasteiger partial charge in [-0.25, -0.2) is 4.98 Å². The normalized spacial score (nSPS) is 12.5. The zero-order valence-electron chi connectivity index (χ0n) is 8.99. The van der Waals surface area contributed by atoms with E-state index in [1.54, 1.807) is 5.38 Å². The number of aromatic nitrogens is 1. The number of hydrogen-bond donors (Lipinski definition) is 2. The number of nitrogens with zero attached hydrogens (tertiary/aromatic N) is 1. The molecule has 1 amide bonds. The van der Waals surface area contributed by atoms with Crippen LogP contribution < -0.4 is 5.32 Å². The predicted molar refractivity (Wildman–Crippen MR) is 60.1 cm³/mol. The van der Waals surface area contributed by atoms with E-state index in [1.807, 2.05) is 13.8 Å². The van der Waals surface area contributed by atoms with Crippen LogP contribution in [-0.2, 0) is 0 Å². The first kappa shape index (κ1) is 12.1. The van der Waals surface area contributed by atoms with Crippen LogP contribution in [0.1, 0.15) is 35.3 Å². The lowest BCUT2D eigenvalue weighted by atomic mass is 10.2. The lowest BCUT2D eigenvalue weighted by Gasteiger charge is -2.11. The van der Waals surface area contributed by atoms with Crippen LogP contribution >= 0.6 is 11.3 Å². The van der Waals surface area contributed by atoms with Gasteiger partial charge in [-0.2, -0.15) is 0 Å². The second-order valence-corrected chi connectivity index (χ2v) is 4.55. The van der Waals surface area contributed by atoms with Crippen LogP contribution in [0, 0.1) is 6.92 Å². The fourth-order valence-electron chi connectivity index (χ4n) is 1.24. The third-order valence-electron chi connectivity index (χ3n) is 2.02. The second kappa shape index (κ2) is 5.82. The Morgan fingerprint density at radius 2 is 2.47 bits per heavy atom. The van der Waals surface area contributed by atoms with Crippen molar-refractivity contribution in [2.45, 2.75) is 32.7 Å². The molecule has 1 aromatic rings. The van der Waals surface area contributed by atoms with Crippen LogP contribution in [0.4, 0.5) is 0 Å². The Labute approximate surface area is 93.4 Å². The average Bonchev–Trinajstić information content (AvgIpc) is 2.61. The van der Waals surface area contributed by atoms with Crippen molar-refractivity contribution < 1.29 is 9.90 Å². The summed E-state index contributed by atoms with van der Waals surface area (Å²) in [6.07, 6.45) is 1.49. The molecule has 5 heteroatoms. The van der Waals surface area contributed by atoms with Crippen LogP contribution in [0.2, 0.25) is 0 Å². The van der Waals surface area contributed by atoms with E-state index in [4.69, 9.17) is 5.11 Å². The number of rotatable bonds is 5. The monoisotopic (exact) mass is 228 g/mol. The standard InChI is InChI=1S/C10H16N2O2S/c1-7(4-3-5-13)11-10(14)9-6-15-8(2)12-9/h6-7,13H,3-5H2,1-2H3,(H,11,14). The Hall–Kier alpha value is -0.940. The van der Waals surface area contributed by atoms with Crippen molar-refractivity contribution in [3.05, 3.63) is 16.1 Å². The van der Waals surface area contributed by atoms with Gasteiger partial charge in [0.1, 0.15) is 5.69 Å². The minimum absolute atomic E-state index is 0.0756. The van der Waals surface area contributed by atoms with Gasteiger partial charge in [0.15, 0.2) is 0 Å². The molecule has 0 aliphatic heterocycles. The maximum absolute atomic E-state index is 11.6. The SMILES string of the molecule is Cc1nc(C(=O)NC(C)CCCO)cs1. The number of nitrogens with one attached hydrogen (secondary N) is 1. The molecule has 0 aliphatic carbocycles. The third kappa shape index (κ3) is 3.97. The number of thiazole rings is 1. The molecule has 1 unspecified atom stereocenters. The summed E-state index contributed by atoms with van der Waals surface area (Å²) in [6.45, 7) is 3.96. The molecule has 0 aliphatic rings. The zero-order chi connectivity index (χ0) is 11.3. The highest BCUT2D eigenvalue weighted by atomic mass is 32.1. The van der Waals surface area contributed by atoms with E-state index in [0.717, 1.165) is 11.4 Å². The summed E-state index contributed by atoms with van der Waals surface area (Å²) in [5.41, 5.74) is 0.480. The molecule has 84 valence electrons. The molecule has 1 atom stereocenters. The van der Waals surface area contributed by atoms with Crippen molar-refractivity contribution in [1.82, 2.24) is 10.3 Å². The molecule has 1 rings (SSSR count). The van der Waals surface area contributed by atoms with E-state index in [2.05, 4.69) is 10.3 Å². The highest BCUT2D eigenvalue weighted by molar-refractivity contribution is 7.09. The molecule has 0 bridgehead atoms. The highest BCUT2D eigenvalue weighted by Crippen LogP contribution is 2.08. The fraction of sp³-hybridized carbons (Fsp3) is 0.600. The largest absolute Gasteiger partial charge is 0.396 e. The Balaban J connectivity index is 2.42. The minimum Gasteiger partial charge on any atom is -0.396 e. The van der Waals surface area contributed by atoms with Gasteiger partial charge in [-0.3, -0.25) is 4.79 Å². The summed E-state index contributed by atoms with van der Waals surface area (Å²) < 4.78 is 0. The van der Waals surface area contributed by atoms with Crippen molar-refractivity contribution in [1.29, 1.82) is 0 Å². The van der Waals surface area contributed by atoms with Gasteiger partial charge >= 0.3 is 0 Å². The van der Waals surface area contributed by atoms with Crippen LogP contribution in [0.15, 0.2) is 5.38 Å². The van der Waals surface area contributed by atoms with E-state index in [0.29, 0.717) is 12.1 Å². The lowest BCUT2D eigenvalue weighted by molar-refractivity contribution is 0.0932. The maximum atomic E-state index is 11.6. The van der Waals surface area contributed by atoms with E-state index < -0.39 is 0 Å². The quantitative estimate of drug-likeness (QED) is 0.799. The average molecular weight is 228 g/mol. The van der Waals surface area contributed by atoms with Crippen LogP contribution in [0.3, 0.4) is 0 Å². The number of amides is 1. The highest BCUT2D eigenvalue weighted by Gasteiger charge is 2.11. The summed E-state index contributed by atoms with van der Waals surface area (Å²) in [5, 5.41) is 14.1. The van der Waals surface area contributed by atoms with Gasteiger partial charge in [-0.05, 0) is 26.7 Å². The first-order valence-electron chi connectivity index (χ1n) is 4.97. The molecule has 2 N–H and O–H groups in total. The number of aryl methyl sites for hydroxylation is 1. The number of carbonyl (C=O) groups excluding carboxylic acids is 1. The minimum atomic E-state index is -0.134. The fourth-order valence-corrected chi connectivity index (χ4v) is 1.83. The molecule has 0 fully saturated rings. The lowest BCUT2D eigenvalue weighted by Crippen LogP contribution is -2.32. The zero-order valence-corrected chi connectivity index (χ0v) is 9.80. The molecule has 0 aromatic carbocycles. The van der Waals surface area contributed by atoms with Crippen molar-refractivity contribution in [2.24, 2.45) is 0 Å². The first-order chi connectivity index (χ1) is 7.13. The molecule has 0 saturated heterocycles. The van der Waals surface area contributed by atoms with Crippen molar-refractivity contribution in [3.8, 4) is 0 Å². The predicted octanol–water partition coefficient (Wildman–Crippen LogP) is 1.34. The molecule has 1 aromatic heterocycles. The number of aliphatic hydroxyl groups is 1. The summed E-state index contributed by atoms with van der Waals surface area (Å²) in [7, 11) is 0. The van der Waals surface area contributed by atoms with E-state index >= 15 is 0 Å². The Bertz CT molecular complexity index is 325. The second-order valence-electron chi connectivity index (χ2n) is 3.49. The molecule has 0 spiro atoms. The van der Waals surface area contributed by atoms with E-state index in [1.165, 1.54) is 11.3 Å². The summed E-state index contributed by atoms with van der Waals surface area (Å²) in [5.74, 6) is -0.134. The van der Waals surface area contributed by atoms with Crippen LogP contribution in [0.25, 0.3) is 0 Å². The number of hydrogen-bond acceptors (Lipinski definition) is 4. The molecule has 0 saturated carbocycles. The molecular formula is C10H16N2O2S. The maximum Gasteiger partial charge on any atom is 0.270 e. The molecule has 1 heterocycles. The molecule has 0 radical (unpaired) electrons. The Morgan fingerprint density at radius 3 is 3.00 bits per heavy atom. The topological polar surface area (TPSA) is 62.2 Å². The first-order valence-corrected chi connectivity index (χ1v) is 5.85. The summed E-state index contributed by atoms with van der Waals surface area (Å²) in [6, 6.07) is 0.0756.